The van der Waals surface area contributed by atoms with Gasteiger partial charge in [0, 0.05) is 12.0 Å². The highest BCUT2D eigenvalue weighted by Gasteiger charge is 2.22. The van der Waals surface area contributed by atoms with Gasteiger partial charge in [-0.1, -0.05) is 42.5 Å². The molecule has 1 atom stereocenters. The first kappa shape index (κ1) is 24.9. The topological polar surface area (TPSA) is 139 Å². The van der Waals surface area contributed by atoms with Gasteiger partial charge in [-0.15, -0.1) is 0 Å². The first-order valence-corrected chi connectivity index (χ1v) is 11.9. The van der Waals surface area contributed by atoms with E-state index in [1.165, 1.54) is 25.1 Å². The van der Waals surface area contributed by atoms with Crippen molar-refractivity contribution in [2.75, 3.05) is 13.2 Å². The number of benzene rings is 3. The average Bonchev–Trinajstić information content (AvgIpc) is 2.82. The van der Waals surface area contributed by atoms with Crippen molar-refractivity contribution in [2.45, 2.75) is 24.3 Å². The third-order valence-corrected chi connectivity index (χ3v) is 6.54. The van der Waals surface area contributed by atoms with Crippen molar-refractivity contribution in [1.82, 2.24) is 10.0 Å². The van der Waals surface area contributed by atoms with Crippen LogP contribution < -0.4 is 14.8 Å². The Morgan fingerprint density at radius 1 is 1.09 bits per heavy atom. The Morgan fingerprint density at radius 3 is 2.56 bits per heavy atom. The monoisotopic (exact) mass is 484 g/mol. The van der Waals surface area contributed by atoms with Crippen LogP contribution in [0.25, 0.3) is 10.8 Å². The molecule has 0 aromatic heterocycles. The minimum absolute atomic E-state index is 0.0302. The molecule has 0 bridgehead atoms. The molecule has 0 spiro atoms. The second-order valence-electron chi connectivity index (χ2n) is 7.45. The van der Waals surface area contributed by atoms with E-state index < -0.39 is 34.5 Å². The number of carbonyl (C=O) groups is 3. The fourth-order valence-corrected chi connectivity index (χ4v) is 4.40. The lowest BCUT2D eigenvalue weighted by molar-refractivity contribution is -0.138. The molecule has 3 aromatic carbocycles. The van der Waals surface area contributed by atoms with Gasteiger partial charge in [-0.25, -0.2) is 13.1 Å². The summed E-state index contributed by atoms with van der Waals surface area (Å²) in [5.41, 5.74) is 1.04. The number of amides is 1. The molecule has 0 saturated heterocycles. The zero-order valence-corrected chi connectivity index (χ0v) is 19.2. The zero-order valence-electron chi connectivity index (χ0n) is 18.4. The minimum Gasteiger partial charge on any atom is -0.492 e. The lowest BCUT2D eigenvalue weighted by atomic mass is 10.0. The Labute approximate surface area is 196 Å². The van der Waals surface area contributed by atoms with Crippen LogP contribution in [0.5, 0.6) is 5.75 Å². The molecule has 34 heavy (non-hydrogen) atoms. The third-order valence-electron chi connectivity index (χ3n) is 5.08. The predicted octanol–water partition coefficient (Wildman–Crippen LogP) is 2.14. The molecule has 0 fully saturated rings. The second kappa shape index (κ2) is 10.9. The average molecular weight is 485 g/mol. The van der Waals surface area contributed by atoms with Crippen LogP contribution in [0.1, 0.15) is 22.8 Å². The maximum atomic E-state index is 12.6. The summed E-state index contributed by atoms with van der Waals surface area (Å²) in [6.07, 6.45) is 0.878. The largest absolute Gasteiger partial charge is 0.492 e. The van der Waals surface area contributed by atoms with Crippen LogP contribution in [-0.2, 0) is 26.0 Å². The van der Waals surface area contributed by atoms with E-state index in [4.69, 9.17) is 9.84 Å². The molecule has 0 unspecified atom stereocenters. The van der Waals surface area contributed by atoms with Gasteiger partial charge in [0.05, 0.1) is 13.2 Å². The number of fused-ring (bicyclic) bond motifs is 1. The number of carboxylic acid groups (broad SMARTS) is 1. The number of hydrogen-bond acceptors (Lipinski definition) is 6. The lowest BCUT2D eigenvalue weighted by Crippen LogP contribution is -2.38. The van der Waals surface area contributed by atoms with E-state index in [-0.39, 0.29) is 22.8 Å². The lowest BCUT2D eigenvalue weighted by Gasteiger charge is -2.15. The number of carbonyl (C=O) groups excluding carboxylic acids is 2. The molecular weight excluding hydrogens is 460 g/mol. The number of aliphatic carboxylic acids is 1. The van der Waals surface area contributed by atoms with Crippen LogP contribution in [0, 0.1) is 0 Å². The van der Waals surface area contributed by atoms with Gasteiger partial charge in [-0.05, 0) is 41.5 Å². The highest BCUT2D eigenvalue weighted by atomic mass is 32.2. The summed E-state index contributed by atoms with van der Waals surface area (Å²) in [6.45, 7) is 1.00. The Bertz CT molecular complexity index is 1320. The smallest absolute Gasteiger partial charge is 0.325 e. The molecule has 9 nitrogen and oxygen atoms in total. The molecule has 0 radical (unpaired) electrons. The van der Waals surface area contributed by atoms with Crippen molar-refractivity contribution < 1.29 is 32.6 Å². The molecule has 3 aromatic rings. The Morgan fingerprint density at radius 2 is 1.82 bits per heavy atom. The Hall–Kier alpha value is -3.76. The van der Waals surface area contributed by atoms with Gasteiger partial charge in [0.2, 0.25) is 10.0 Å². The standard InChI is InChI=1S/C24H24N2O7S/c1-16(24(29)30)26-23(28)19-9-10-22(34(31,32)25-12-13-27)21(15-19)33-14-11-18-7-4-6-17-5-2-3-8-20(17)18/h2-10,13,15-16,25H,11-12,14H2,1H3,(H,26,28)(H,29,30)/t16-/m0/s1. The van der Waals surface area contributed by atoms with Crippen molar-refractivity contribution in [3.05, 3.63) is 71.8 Å². The van der Waals surface area contributed by atoms with Gasteiger partial charge in [-0.3, -0.25) is 9.59 Å². The van der Waals surface area contributed by atoms with E-state index >= 15 is 0 Å². The van der Waals surface area contributed by atoms with Gasteiger partial charge in [0.15, 0.2) is 0 Å². The molecule has 0 aliphatic heterocycles. The van der Waals surface area contributed by atoms with E-state index in [9.17, 15) is 22.8 Å². The second-order valence-corrected chi connectivity index (χ2v) is 9.19. The van der Waals surface area contributed by atoms with Crippen LogP contribution in [-0.4, -0.2) is 50.9 Å². The van der Waals surface area contributed by atoms with Crippen molar-refractivity contribution in [3.63, 3.8) is 0 Å². The molecular formula is C24H24N2O7S. The van der Waals surface area contributed by atoms with Crippen molar-refractivity contribution in [3.8, 4) is 5.75 Å². The molecule has 0 aliphatic carbocycles. The Kier molecular flexibility index (Phi) is 7.98. The highest BCUT2D eigenvalue weighted by Crippen LogP contribution is 2.26. The number of carboxylic acids is 1. The van der Waals surface area contributed by atoms with Crippen LogP contribution in [0.15, 0.2) is 65.6 Å². The van der Waals surface area contributed by atoms with Crippen LogP contribution >= 0.6 is 0 Å². The van der Waals surface area contributed by atoms with Gasteiger partial charge in [0.25, 0.3) is 5.91 Å². The first-order valence-electron chi connectivity index (χ1n) is 10.4. The van der Waals surface area contributed by atoms with Crippen molar-refractivity contribution in [1.29, 1.82) is 0 Å². The maximum Gasteiger partial charge on any atom is 0.325 e. The summed E-state index contributed by atoms with van der Waals surface area (Å²) < 4.78 is 33.2. The van der Waals surface area contributed by atoms with Crippen LogP contribution in [0.2, 0.25) is 0 Å². The van der Waals surface area contributed by atoms with E-state index in [0.29, 0.717) is 12.7 Å². The quantitative estimate of drug-likeness (QED) is 0.354. The van der Waals surface area contributed by atoms with Gasteiger partial charge >= 0.3 is 5.97 Å². The number of hydrogen-bond donors (Lipinski definition) is 3. The van der Waals surface area contributed by atoms with Crippen LogP contribution in [0.3, 0.4) is 0 Å². The van der Waals surface area contributed by atoms with E-state index in [0.717, 1.165) is 16.3 Å². The molecule has 3 N–H and O–H groups in total. The molecule has 0 aliphatic rings. The fraction of sp³-hybridized carbons (Fsp3) is 0.208. The van der Waals surface area contributed by atoms with Gasteiger partial charge < -0.3 is 20.0 Å². The molecule has 3 rings (SSSR count). The fourth-order valence-electron chi connectivity index (χ4n) is 3.33. The van der Waals surface area contributed by atoms with Gasteiger partial charge in [-0.2, -0.15) is 0 Å². The predicted molar refractivity (Wildman–Crippen MR) is 125 cm³/mol. The highest BCUT2D eigenvalue weighted by molar-refractivity contribution is 7.89. The third kappa shape index (κ3) is 5.97. The molecule has 0 heterocycles. The summed E-state index contributed by atoms with van der Waals surface area (Å²) in [7, 11) is -4.09. The van der Waals surface area contributed by atoms with Crippen molar-refractivity contribution in [2.24, 2.45) is 0 Å². The first-order chi connectivity index (χ1) is 16.2. The number of aldehydes is 1. The van der Waals surface area contributed by atoms with E-state index in [1.807, 2.05) is 42.5 Å². The number of rotatable bonds is 11. The minimum atomic E-state index is -4.09. The molecule has 178 valence electrons. The van der Waals surface area contributed by atoms with Gasteiger partial charge in [0.1, 0.15) is 23.0 Å². The van der Waals surface area contributed by atoms with Crippen LogP contribution in [0.4, 0.5) is 0 Å². The normalized spacial score (nSPS) is 12.1. The Balaban J connectivity index is 1.87. The maximum absolute atomic E-state index is 12.6. The summed E-state index contributed by atoms with van der Waals surface area (Å²) >= 11 is 0. The zero-order chi connectivity index (χ0) is 24.7. The summed E-state index contributed by atoms with van der Waals surface area (Å²) in [5, 5.41) is 13.4. The SMILES string of the molecule is C[C@H](NC(=O)c1ccc(S(=O)(=O)NCC=O)c(OCCc2cccc3ccccc23)c1)C(=O)O. The molecule has 1 amide bonds. The van der Waals surface area contributed by atoms with E-state index in [2.05, 4.69) is 10.0 Å². The number of nitrogens with one attached hydrogen (secondary N) is 2. The van der Waals surface area contributed by atoms with Crippen molar-refractivity contribution >= 4 is 39.0 Å². The summed E-state index contributed by atoms with van der Waals surface area (Å²) in [6, 6.07) is 16.2. The van der Waals surface area contributed by atoms with E-state index in [1.54, 1.807) is 0 Å². The number of ether oxygens (including phenoxy) is 1. The molecule has 0 saturated carbocycles. The summed E-state index contributed by atoms with van der Waals surface area (Å²) in [4.78, 5) is 33.9. The summed E-state index contributed by atoms with van der Waals surface area (Å²) in [5.74, 6) is -2.00. The molecule has 10 heteroatoms. The number of sulfonamides is 1.